The average molecular weight is 406 g/mol. The van der Waals surface area contributed by atoms with Crippen molar-refractivity contribution in [3.05, 3.63) is 0 Å². The highest BCUT2D eigenvalue weighted by Crippen LogP contribution is 2.26. The van der Waals surface area contributed by atoms with E-state index in [1.807, 2.05) is 4.57 Å². The monoisotopic (exact) mass is 405 g/mol. The zero-order chi connectivity index (χ0) is 20.5. The van der Waals surface area contributed by atoms with Crippen LogP contribution in [-0.2, 0) is 11.3 Å². The van der Waals surface area contributed by atoms with Crippen LogP contribution in [0.25, 0.3) is 11.2 Å². The first-order valence-electron chi connectivity index (χ1n) is 11.0. The van der Waals surface area contributed by atoms with Crippen LogP contribution in [0.1, 0.15) is 71.1 Å². The molecule has 8 heteroatoms. The summed E-state index contributed by atoms with van der Waals surface area (Å²) < 4.78 is 18.9. The maximum atomic E-state index is 6.09. The van der Waals surface area contributed by atoms with Gasteiger partial charge in [-0.2, -0.15) is 15.0 Å². The summed E-state index contributed by atoms with van der Waals surface area (Å²) in [4.78, 5) is 13.2. The molecule has 1 aliphatic rings. The summed E-state index contributed by atoms with van der Waals surface area (Å²) in [6.07, 6.45) is 12.0. The largest absolute Gasteiger partial charge is 0.468 e. The summed E-state index contributed by atoms with van der Waals surface area (Å²) in [5.41, 5.74) is 7.33. The van der Waals surface area contributed by atoms with Crippen molar-refractivity contribution in [3.8, 4) is 12.0 Å². The van der Waals surface area contributed by atoms with Gasteiger partial charge in [0, 0.05) is 13.2 Å². The van der Waals surface area contributed by atoms with Crippen molar-refractivity contribution in [2.45, 2.75) is 83.8 Å². The van der Waals surface area contributed by atoms with E-state index in [0.717, 1.165) is 38.8 Å². The molecule has 1 saturated heterocycles. The Labute approximate surface area is 173 Å². The smallest absolute Gasteiger partial charge is 0.320 e. The van der Waals surface area contributed by atoms with Crippen LogP contribution in [0.5, 0.6) is 12.0 Å². The molecule has 1 unspecified atom stereocenters. The van der Waals surface area contributed by atoms with Gasteiger partial charge in [-0.3, -0.25) is 4.57 Å². The quantitative estimate of drug-likeness (QED) is 0.531. The number of rotatable bonds is 12. The summed E-state index contributed by atoms with van der Waals surface area (Å²) in [5.74, 6) is 0.325. The SMILES string of the molecule is CCCCOc1nc(N)c2nc(OC)n(CCCCCCC3CCCCO3)c2n1. The van der Waals surface area contributed by atoms with Gasteiger partial charge in [0.25, 0.3) is 6.01 Å². The van der Waals surface area contributed by atoms with Gasteiger partial charge in [-0.15, -0.1) is 0 Å². The molecule has 1 fully saturated rings. The minimum atomic E-state index is 0.305. The van der Waals surface area contributed by atoms with Gasteiger partial charge in [0.15, 0.2) is 17.0 Å². The van der Waals surface area contributed by atoms with E-state index in [9.17, 15) is 0 Å². The third-order valence-electron chi connectivity index (χ3n) is 5.41. The first kappa shape index (κ1) is 21.6. The lowest BCUT2D eigenvalue weighted by Gasteiger charge is -2.22. The zero-order valence-electron chi connectivity index (χ0n) is 17.9. The summed E-state index contributed by atoms with van der Waals surface area (Å²) in [5, 5.41) is 0. The van der Waals surface area contributed by atoms with Crippen molar-refractivity contribution in [2.24, 2.45) is 0 Å². The predicted octanol–water partition coefficient (Wildman–Crippen LogP) is 4.12. The second kappa shape index (κ2) is 11.2. The van der Waals surface area contributed by atoms with Gasteiger partial charge in [-0.25, -0.2) is 0 Å². The van der Waals surface area contributed by atoms with Crippen LogP contribution in [0.2, 0.25) is 0 Å². The van der Waals surface area contributed by atoms with E-state index < -0.39 is 0 Å². The fourth-order valence-corrected chi connectivity index (χ4v) is 3.74. The Kier molecular flexibility index (Phi) is 8.34. The number of unbranched alkanes of at least 4 members (excludes halogenated alkanes) is 4. The van der Waals surface area contributed by atoms with Crippen LogP contribution < -0.4 is 15.2 Å². The molecule has 0 radical (unpaired) electrons. The number of ether oxygens (including phenoxy) is 3. The Bertz CT molecular complexity index is 758. The summed E-state index contributed by atoms with van der Waals surface area (Å²) in [6, 6.07) is 0.821. The van der Waals surface area contributed by atoms with E-state index in [1.54, 1.807) is 7.11 Å². The van der Waals surface area contributed by atoms with E-state index in [-0.39, 0.29) is 0 Å². The highest BCUT2D eigenvalue weighted by molar-refractivity contribution is 5.83. The Balaban J connectivity index is 1.55. The Morgan fingerprint density at radius 2 is 1.97 bits per heavy atom. The number of fused-ring (bicyclic) bond motifs is 1. The minimum absolute atomic E-state index is 0.305. The zero-order valence-corrected chi connectivity index (χ0v) is 17.9. The fourth-order valence-electron chi connectivity index (χ4n) is 3.74. The molecule has 0 aliphatic carbocycles. The molecule has 0 bridgehead atoms. The lowest BCUT2D eigenvalue weighted by Crippen LogP contribution is -2.18. The molecule has 0 saturated carbocycles. The van der Waals surface area contributed by atoms with Gasteiger partial charge < -0.3 is 19.9 Å². The number of hydrogen-bond acceptors (Lipinski definition) is 7. The molecule has 29 heavy (non-hydrogen) atoms. The molecule has 0 aromatic carbocycles. The number of aryl methyl sites for hydroxylation is 1. The number of hydrogen-bond donors (Lipinski definition) is 1. The Hall–Kier alpha value is -2.09. The standard InChI is InChI=1S/C21H35N5O3/c1-3-4-14-29-20-24-18(22)17-19(25-20)26(21(23-17)27-2)13-9-6-5-7-11-16-12-8-10-15-28-16/h16H,3-15H2,1-2H3,(H2,22,24,25). The van der Waals surface area contributed by atoms with E-state index >= 15 is 0 Å². The van der Waals surface area contributed by atoms with Gasteiger partial charge in [0.2, 0.25) is 0 Å². The highest BCUT2D eigenvalue weighted by atomic mass is 16.5. The van der Waals surface area contributed by atoms with E-state index in [4.69, 9.17) is 19.9 Å². The molecular formula is C21H35N5O3. The van der Waals surface area contributed by atoms with Gasteiger partial charge in [0.1, 0.15) is 0 Å². The summed E-state index contributed by atoms with van der Waals surface area (Å²) in [6.45, 7) is 4.42. The van der Waals surface area contributed by atoms with Crippen molar-refractivity contribution >= 4 is 17.0 Å². The lowest BCUT2D eigenvalue weighted by atomic mass is 10.0. The number of nitrogen functional groups attached to an aromatic ring is 1. The first-order chi connectivity index (χ1) is 14.2. The van der Waals surface area contributed by atoms with Crippen LogP contribution in [0.3, 0.4) is 0 Å². The van der Waals surface area contributed by atoms with Gasteiger partial charge in [-0.05, 0) is 38.5 Å². The van der Waals surface area contributed by atoms with E-state index in [1.165, 1.54) is 38.5 Å². The molecular weight excluding hydrogens is 370 g/mol. The molecule has 1 aliphatic heterocycles. The third kappa shape index (κ3) is 5.95. The Morgan fingerprint density at radius 1 is 1.10 bits per heavy atom. The molecule has 8 nitrogen and oxygen atoms in total. The van der Waals surface area contributed by atoms with E-state index in [2.05, 4.69) is 21.9 Å². The minimum Gasteiger partial charge on any atom is -0.468 e. The summed E-state index contributed by atoms with van der Waals surface area (Å²) in [7, 11) is 1.62. The van der Waals surface area contributed by atoms with Crippen molar-refractivity contribution < 1.29 is 14.2 Å². The molecule has 162 valence electrons. The molecule has 3 heterocycles. The maximum Gasteiger partial charge on any atom is 0.320 e. The highest BCUT2D eigenvalue weighted by Gasteiger charge is 2.18. The van der Waals surface area contributed by atoms with Crippen molar-refractivity contribution in [2.75, 3.05) is 26.1 Å². The number of nitrogens with zero attached hydrogens (tertiary/aromatic N) is 4. The second-order valence-electron chi connectivity index (χ2n) is 7.71. The maximum absolute atomic E-state index is 6.09. The van der Waals surface area contributed by atoms with Gasteiger partial charge in [-0.1, -0.05) is 32.6 Å². The molecule has 2 N–H and O–H groups in total. The first-order valence-corrected chi connectivity index (χ1v) is 11.0. The van der Waals surface area contributed by atoms with Crippen LogP contribution in [0.15, 0.2) is 0 Å². The lowest BCUT2D eigenvalue weighted by molar-refractivity contribution is 0.00976. The number of methoxy groups -OCH3 is 1. The normalized spacial score (nSPS) is 17.0. The Morgan fingerprint density at radius 3 is 2.72 bits per heavy atom. The number of imidazole rings is 1. The predicted molar refractivity (Wildman–Crippen MR) is 113 cm³/mol. The third-order valence-corrected chi connectivity index (χ3v) is 5.41. The van der Waals surface area contributed by atoms with Gasteiger partial charge in [0.05, 0.1) is 19.8 Å². The fraction of sp³-hybridized carbons (Fsp3) is 0.762. The van der Waals surface area contributed by atoms with E-state index in [0.29, 0.717) is 41.7 Å². The van der Waals surface area contributed by atoms with Crippen molar-refractivity contribution in [1.29, 1.82) is 0 Å². The van der Waals surface area contributed by atoms with Crippen molar-refractivity contribution in [1.82, 2.24) is 19.5 Å². The van der Waals surface area contributed by atoms with Gasteiger partial charge >= 0.3 is 6.01 Å². The number of aromatic nitrogens is 4. The van der Waals surface area contributed by atoms with Crippen LogP contribution >= 0.6 is 0 Å². The molecule has 2 aromatic heterocycles. The summed E-state index contributed by atoms with van der Waals surface area (Å²) >= 11 is 0. The average Bonchev–Trinajstić information content (AvgIpc) is 3.10. The topological polar surface area (TPSA) is 97.3 Å². The van der Waals surface area contributed by atoms with Crippen LogP contribution in [0, 0.1) is 0 Å². The molecule has 0 amide bonds. The number of anilines is 1. The molecule has 2 aromatic rings. The second-order valence-corrected chi connectivity index (χ2v) is 7.71. The van der Waals surface area contributed by atoms with Crippen LogP contribution in [0.4, 0.5) is 5.82 Å². The molecule has 1 atom stereocenters. The van der Waals surface area contributed by atoms with Crippen molar-refractivity contribution in [3.63, 3.8) is 0 Å². The van der Waals surface area contributed by atoms with Crippen LogP contribution in [-0.4, -0.2) is 45.9 Å². The number of nitrogens with two attached hydrogens (primary N) is 1. The molecule has 3 rings (SSSR count). The molecule has 0 spiro atoms.